The molecule has 2 heterocycles. The molecule has 1 saturated heterocycles. The van der Waals surface area contributed by atoms with E-state index in [0.717, 1.165) is 41.4 Å². The van der Waals surface area contributed by atoms with Gasteiger partial charge in [-0.1, -0.05) is 13.8 Å². The first-order chi connectivity index (χ1) is 12.3. The maximum absolute atomic E-state index is 11.9. The number of rotatable bonds is 2. The Hall–Kier alpha value is -1.18. The average molecular weight is 385 g/mol. The van der Waals surface area contributed by atoms with Gasteiger partial charge in [0.25, 0.3) is 0 Å². The van der Waals surface area contributed by atoms with Crippen LogP contribution >= 0.6 is 11.3 Å². The zero-order chi connectivity index (χ0) is 19.4. The molecule has 2 aliphatic rings. The predicted molar refractivity (Wildman–Crippen MR) is 104 cm³/mol. The quantitative estimate of drug-likeness (QED) is 0.756. The molecule has 7 heteroatoms. The minimum absolute atomic E-state index is 0.347. The zero-order valence-corrected chi connectivity index (χ0v) is 17.6. The van der Waals surface area contributed by atoms with Gasteiger partial charge in [-0.05, 0) is 40.5 Å². The second kappa shape index (κ2) is 8.67. The van der Waals surface area contributed by atoms with E-state index in [1.807, 2.05) is 41.5 Å². The van der Waals surface area contributed by atoms with Gasteiger partial charge in [0, 0.05) is 18.8 Å². The summed E-state index contributed by atoms with van der Waals surface area (Å²) in [6.45, 7) is 12.9. The molecule has 1 spiro atoms. The van der Waals surface area contributed by atoms with Crippen molar-refractivity contribution in [1.82, 2.24) is 4.98 Å². The topological polar surface area (TPSA) is 69.7 Å². The van der Waals surface area contributed by atoms with Gasteiger partial charge in [0.15, 0.2) is 5.79 Å². The maximum Gasteiger partial charge on any atom is 0.412 e. The highest BCUT2D eigenvalue weighted by atomic mass is 32.1. The lowest BCUT2D eigenvalue weighted by Gasteiger charge is -2.34. The molecule has 1 aliphatic heterocycles. The monoisotopic (exact) mass is 384 g/mol. The molecule has 6 nitrogen and oxygen atoms in total. The molecular weight excluding hydrogens is 352 g/mol. The summed E-state index contributed by atoms with van der Waals surface area (Å²) in [5.41, 5.74) is 0.333. The summed E-state index contributed by atoms with van der Waals surface area (Å²) in [6, 6.07) is 0. The van der Waals surface area contributed by atoms with Gasteiger partial charge in [-0.15, -0.1) is 11.3 Å². The highest BCUT2D eigenvalue weighted by Crippen LogP contribution is 2.44. The van der Waals surface area contributed by atoms with Crippen LogP contribution in [0.1, 0.15) is 76.9 Å². The molecule has 1 aromatic rings. The zero-order valence-electron chi connectivity index (χ0n) is 16.8. The van der Waals surface area contributed by atoms with Gasteiger partial charge < -0.3 is 14.2 Å². The molecule has 0 atom stereocenters. The van der Waals surface area contributed by atoms with Crippen molar-refractivity contribution in [1.29, 1.82) is 0 Å². The van der Waals surface area contributed by atoms with Crippen LogP contribution < -0.4 is 5.32 Å². The van der Waals surface area contributed by atoms with Crippen molar-refractivity contribution >= 4 is 22.4 Å². The van der Waals surface area contributed by atoms with Crippen molar-refractivity contribution in [3.63, 3.8) is 0 Å². The van der Waals surface area contributed by atoms with E-state index >= 15 is 0 Å². The molecule has 26 heavy (non-hydrogen) atoms. The standard InChI is InChI=1S/C17H26N2O4S.C2H6/c1-11-13(19-15(20)23-16(2,3)4)24-14(18-11)12-5-7-17(8-6-12)21-9-10-22-17;1-2/h12H,5-10H2,1-4H3,(H,19,20);1-2H3. The van der Waals surface area contributed by atoms with Crippen molar-refractivity contribution in [2.75, 3.05) is 18.5 Å². The Labute approximate surface area is 160 Å². The Bertz CT molecular complexity index is 593. The maximum atomic E-state index is 11.9. The average Bonchev–Trinajstić information content (AvgIpc) is 3.16. The number of aromatic nitrogens is 1. The third-order valence-electron chi connectivity index (χ3n) is 4.34. The molecule has 1 aliphatic carbocycles. The Morgan fingerprint density at radius 1 is 1.23 bits per heavy atom. The molecule has 0 unspecified atom stereocenters. The number of amides is 1. The molecule has 0 aromatic carbocycles. The van der Waals surface area contributed by atoms with Crippen LogP contribution in [0.3, 0.4) is 0 Å². The first kappa shape index (κ1) is 21.1. The molecule has 1 saturated carbocycles. The van der Waals surface area contributed by atoms with Gasteiger partial charge in [0.2, 0.25) is 0 Å². The van der Waals surface area contributed by atoms with E-state index in [0.29, 0.717) is 19.1 Å². The van der Waals surface area contributed by atoms with Crippen molar-refractivity contribution in [3.05, 3.63) is 10.7 Å². The second-order valence-electron chi connectivity index (χ2n) is 7.48. The highest BCUT2D eigenvalue weighted by molar-refractivity contribution is 7.16. The van der Waals surface area contributed by atoms with E-state index in [4.69, 9.17) is 14.2 Å². The Balaban J connectivity index is 0.00000117. The number of nitrogens with zero attached hydrogens (tertiary/aromatic N) is 1. The molecule has 0 bridgehead atoms. The van der Waals surface area contributed by atoms with Gasteiger partial charge in [-0.25, -0.2) is 9.78 Å². The van der Waals surface area contributed by atoms with E-state index in [9.17, 15) is 4.79 Å². The summed E-state index contributed by atoms with van der Waals surface area (Å²) in [7, 11) is 0. The minimum Gasteiger partial charge on any atom is -0.444 e. The first-order valence-corrected chi connectivity index (χ1v) is 10.3. The smallest absolute Gasteiger partial charge is 0.412 e. The lowest BCUT2D eigenvalue weighted by atomic mass is 9.85. The minimum atomic E-state index is -0.509. The van der Waals surface area contributed by atoms with E-state index in [1.165, 1.54) is 0 Å². The third kappa shape index (κ3) is 5.41. The normalized spacial score (nSPS) is 19.8. The summed E-state index contributed by atoms with van der Waals surface area (Å²) >= 11 is 1.55. The number of thiazole rings is 1. The van der Waals surface area contributed by atoms with Gasteiger partial charge in [-0.3, -0.25) is 5.32 Å². The van der Waals surface area contributed by atoms with Crippen molar-refractivity contribution in [3.8, 4) is 0 Å². The summed E-state index contributed by atoms with van der Waals surface area (Å²) in [6.07, 6.45) is 3.38. The van der Waals surface area contributed by atoms with Crippen LogP contribution in [0.4, 0.5) is 9.80 Å². The number of ether oxygens (including phenoxy) is 3. The Morgan fingerprint density at radius 2 is 1.81 bits per heavy atom. The number of carbonyl (C=O) groups excluding carboxylic acids is 1. The van der Waals surface area contributed by atoms with Gasteiger partial charge in [0.05, 0.1) is 23.9 Å². The van der Waals surface area contributed by atoms with E-state index in [1.54, 1.807) is 11.3 Å². The summed E-state index contributed by atoms with van der Waals surface area (Å²) < 4.78 is 16.9. The third-order valence-corrected chi connectivity index (χ3v) is 5.57. The van der Waals surface area contributed by atoms with E-state index in [-0.39, 0.29) is 5.79 Å². The van der Waals surface area contributed by atoms with Crippen LogP contribution in [0.2, 0.25) is 0 Å². The van der Waals surface area contributed by atoms with Crippen LogP contribution in [0.5, 0.6) is 0 Å². The fourth-order valence-electron chi connectivity index (χ4n) is 3.19. The van der Waals surface area contributed by atoms with E-state index in [2.05, 4.69) is 10.3 Å². The lowest BCUT2D eigenvalue weighted by molar-refractivity contribution is -0.178. The largest absolute Gasteiger partial charge is 0.444 e. The SMILES string of the molecule is CC.Cc1nc(C2CCC3(CC2)OCCO3)sc1NC(=O)OC(C)(C)C. The fourth-order valence-corrected chi connectivity index (χ4v) is 4.32. The van der Waals surface area contributed by atoms with Crippen LogP contribution in [-0.2, 0) is 14.2 Å². The predicted octanol–water partition coefficient (Wildman–Crippen LogP) is 5.23. The number of nitrogens with one attached hydrogen (secondary N) is 1. The summed E-state index contributed by atoms with van der Waals surface area (Å²) in [4.78, 5) is 16.6. The van der Waals surface area contributed by atoms with Crippen LogP contribution in [0.15, 0.2) is 0 Å². The fraction of sp³-hybridized carbons (Fsp3) is 0.789. The molecule has 3 rings (SSSR count). The molecule has 2 fully saturated rings. The molecule has 1 N–H and O–H groups in total. The number of aryl methyl sites for hydroxylation is 1. The second-order valence-corrected chi connectivity index (χ2v) is 8.51. The Morgan fingerprint density at radius 3 is 2.35 bits per heavy atom. The molecule has 1 aromatic heterocycles. The molecular formula is C19H32N2O4S. The summed E-state index contributed by atoms with van der Waals surface area (Å²) in [5.74, 6) is 0.0572. The number of hydrogen-bond acceptors (Lipinski definition) is 6. The summed E-state index contributed by atoms with van der Waals surface area (Å²) in [5, 5.41) is 4.67. The van der Waals surface area contributed by atoms with Crippen LogP contribution in [0.25, 0.3) is 0 Å². The van der Waals surface area contributed by atoms with Gasteiger partial charge in [0.1, 0.15) is 10.6 Å². The first-order valence-electron chi connectivity index (χ1n) is 9.52. The molecule has 0 radical (unpaired) electrons. The number of carbonyl (C=O) groups is 1. The van der Waals surface area contributed by atoms with Crippen molar-refractivity contribution in [2.45, 2.75) is 84.5 Å². The highest BCUT2D eigenvalue weighted by Gasteiger charge is 2.41. The number of anilines is 1. The molecule has 1 amide bonds. The lowest BCUT2D eigenvalue weighted by Crippen LogP contribution is -2.34. The van der Waals surface area contributed by atoms with Gasteiger partial charge in [-0.2, -0.15) is 0 Å². The number of hydrogen-bond donors (Lipinski definition) is 1. The van der Waals surface area contributed by atoms with E-state index < -0.39 is 11.7 Å². The van der Waals surface area contributed by atoms with Crippen LogP contribution in [0, 0.1) is 6.92 Å². The van der Waals surface area contributed by atoms with Crippen LogP contribution in [-0.4, -0.2) is 35.7 Å². The van der Waals surface area contributed by atoms with Crippen molar-refractivity contribution < 1.29 is 19.0 Å². The van der Waals surface area contributed by atoms with Crippen molar-refractivity contribution in [2.24, 2.45) is 0 Å². The molecule has 148 valence electrons. The Kier molecular flexibility index (Phi) is 7.05. The van der Waals surface area contributed by atoms with Gasteiger partial charge >= 0.3 is 6.09 Å².